The normalized spacial score (nSPS) is 14.2. The van der Waals surface area contributed by atoms with Crippen molar-refractivity contribution in [2.24, 2.45) is 5.84 Å². The Bertz CT molecular complexity index is 118. The van der Waals surface area contributed by atoms with E-state index in [9.17, 15) is 0 Å². The van der Waals surface area contributed by atoms with Crippen LogP contribution < -0.4 is 11.3 Å². The Hall–Kier alpha value is -0.120. The molecule has 68 valence electrons. The third kappa shape index (κ3) is 5.18. The average molecular weight is 159 g/mol. The van der Waals surface area contributed by atoms with Gasteiger partial charge in [-0.15, -0.1) is 0 Å². The highest BCUT2D eigenvalue weighted by Gasteiger charge is 2.22. The van der Waals surface area contributed by atoms with Crippen molar-refractivity contribution < 1.29 is 0 Å². The summed E-state index contributed by atoms with van der Waals surface area (Å²) in [5.41, 5.74) is 3.17. The van der Waals surface area contributed by atoms with Crippen LogP contribution in [-0.2, 0) is 0 Å². The fourth-order valence-corrected chi connectivity index (χ4v) is 0.529. The van der Waals surface area contributed by atoms with Crippen molar-refractivity contribution in [3.63, 3.8) is 0 Å². The fraction of sp³-hybridized carbons (Fsp3) is 1.00. The predicted octanol–water partition coefficient (Wildman–Crippen LogP) is 1.26. The van der Waals surface area contributed by atoms with Gasteiger partial charge in [0.2, 0.25) is 0 Å². The van der Waals surface area contributed by atoms with E-state index in [1.807, 2.05) is 0 Å². The zero-order chi connectivity index (χ0) is 9.28. The van der Waals surface area contributed by atoms with Crippen LogP contribution in [0.25, 0.3) is 0 Å². The van der Waals surface area contributed by atoms with Crippen molar-refractivity contribution in [2.45, 2.75) is 52.6 Å². The molecule has 0 aromatic rings. The Balaban J connectivity index is 3.99. The molecule has 0 fully saturated rings. The minimum absolute atomic E-state index is 0.0298. The molecular weight excluding hydrogens is 138 g/mol. The van der Waals surface area contributed by atoms with E-state index in [1.165, 1.54) is 0 Å². The molecule has 0 heterocycles. The van der Waals surface area contributed by atoms with E-state index in [2.05, 4.69) is 47.0 Å². The van der Waals surface area contributed by atoms with Gasteiger partial charge in [-0.2, -0.15) is 5.12 Å². The molecule has 3 N–H and O–H groups in total. The van der Waals surface area contributed by atoms with Crippen molar-refractivity contribution in [3.8, 4) is 0 Å². The second-order valence-corrected chi connectivity index (χ2v) is 4.90. The summed E-state index contributed by atoms with van der Waals surface area (Å²) >= 11 is 0. The lowest BCUT2D eigenvalue weighted by atomic mass is 10.1. The second kappa shape index (κ2) is 3.09. The van der Waals surface area contributed by atoms with Crippen LogP contribution in [0, 0.1) is 0 Å². The van der Waals surface area contributed by atoms with Gasteiger partial charge in [0.25, 0.3) is 0 Å². The molecule has 0 aliphatic carbocycles. The van der Waals surface area contributed by atoms with Gasteiger partial charge in [-0.3, -0.25) is 5.84 Å². The highest BCUT2D eigenvalue weighted by Crippen LogP contribution is 2.08. The lowest BCUT2D eigenvalue weighted by Crippen LogP contribution is -2.60. The first-order valence-corrected chi connectivity index (χ1v) is 3.96. The Morgan fingerprint density at radius 1 is 1.00 bits per heavy atom. The summed E-state index contributed by atoms with van der Waals surface area (Å²) in [6.45, 7) is 12.4. The summed E-state index contributed by atoms with van der Waals surface area (Å²) < 4.78 is 0. The van der Waals surface area contributed by atoms with Gasteiger partial charge < -0.3 is 0 Å². The fourth-order valence-electron chi connectivity index (χ4n) is 0.529. The van der Waals surface area contributed by atoms with Crippen molar-refractivity contribution >= 4 is 0 Å². The Kier molecular flexibility index (Phi) is 3.06. The lowest BCUT2D eigenvalue weighted by Gasteiger charge is -2.36. The molecule has 11 heavy (non-hydrogen) atoms. The van der Waals surface area contributed by atoms with E-state index in [1.54, 1.807) is 5.12 Å². The summed E-state index contributed by atoms with van der Waals surface area (Å²) in [4.78, 5) is 0. The van der Waals surface area contributed by atoms with Gasteiger partial charge in [0.15, 0.2) is 0 Å². The van der Waals surface area contributed by atoms with Crippen LogP contribution in [0.4, 0.5) is 0 Å². The zero-order valence-corrected chi connectivity index (χ0v) is 8.52. The number of rotatable bonds is 1. The number of hydrogen-bond acceptors (Lipinski definition) is 3. The number of hydrogen-bond donors (Lipinski definition) is 2. The molecule has 0 radical (unpaired) electrons. The topological polar surface area (TPSA) is 41.3 Å². The summed E-state index contributed by atoms with van der Waals surface area (Å²) in [6, 6.07) is 0. The lowest BCUT2D eigenvalue weighted by molar-refractivity contribution is 0.0346. The number of hydrazine groups is 2. The molecule has 0 rings (SSSR count). The van der Waals surface area contributed by atoms with Gasteiger partial charge in [-0.1, -0.05) is 0 Å². The first kappa shape index (κ1) is 10.9. The van der Waals surface area contributed by atoms with Gasteiger partial charge in [-0.25, -0.2) is 5.43 Å². The monoisotopic (exact) mass is 159 g/mol. The van der Waals surface area contributed by atoms with E-state index in [-0.39, 0.29) is 11.1 Å². The Morgan fingerprint density at radius 3 is 1.45 bits per heavy atom. The third-order valence-electron chi connectivity index (χ3n) is 1.18. The first-order valence-electron chi connectivity index (χ1n) is 3.96. The van der Waals surface area contributed by atoms with Gasteiger partial charge in [0.1, 0.15) is 0 Å². The molecule has 0 aromatic carbocycles. The molecule has 0 amide bonds. The van der Waals surface area contributed by atoms with Crippen LogP contribution in [0.3, 0.4) is 0 Å². The maximum Gasteiger partial charge on any atom is 0.0423 e. The van der Waals surface area contributed by atoms with Crippen molar-refractivity contribution in [1.29, 1.82) is 0 Å². The molecular formula is C8H21N3. The molecule has 3 nitrogen and oxygen atoms in total. The molecule has 0 atom stereocenters. The van der Waals surface area contributed by atoms with Crippen molar-refractivity contribution in [2.75, 3.05) is 0 Å². The summed E-state index contributed by atoms with van der Waals surface area (Å²) in [5.74, 6) is 5.76. The van der Waals surface area contributed by atoms with Crippen LogP contribution in [-0.4, -0.2) is 16.2 Å². The summed E-state index contributed by atoms with van der Waals surface area (Å²) in [5, 5.41) is 1.65. The molecule has 0 spiro atoms. The van der Waals surface area contributed by atoms with Crippen molar-refractivity contribution in [1.82, 2.24) is 10.5 Å². The minimum atomic E-state index is -0.0344. The number of nitrogens with two attached hydrogens (primary N) is 1. The highest BCUT2D eigenvalue weighted by atomic mass is 15.7. The molecule has 0 saturated carbocycles. The standard InChI is InChI=1S/C8H21N3/c1-7(2,3)10-11(9)8(4,5)6/h10H,9H2,1-6H3. The van der Waals surface area contributed by atoms with Crippen LogP contribution in [0.1, 0.15) is 41.5 Å². The highest BCUT2D eigenvalue weighted by molar-refractivity contribution is 4.74. The van der Waals surface area contributed by atoms with Gasteiger partial charge >= 0.3 is 0 Å². The second-order valence-electron chi connectivity index (χ2n) is 4.90. The number of nitrogens with one attached hydrogen (secondary N) is 1. The van der Waals surface area contributed by atoms with E-state index in [4.69, 9.17) is 5.84 Å². The van der Waals surface area contributed by atoms with E-state index in [0.717, 1.165) is 0 Å². The van der Waals surface area contributed by atoms with Gasteiger partial charge in [0.05, 0.1) is 0 Å². The molecule has 0 aliphatic heterocycles. The molecule has 0 aromatic heterocycles. The Morgan fingerprint density at radius 2 is 1.36 bits per heavy atom. The van der Waals surface area contributed by atoms with E-state index >= 15 is 0 Å². The average Bonchev–Trinajstić information content (AvgIpc) is 1.56. The largest absolute Gasteiger partial charge is 0.255 e. The van der Waals surface area contributed by atoms with E-state index in [0.29, 0.717) is 0 Å². The molecule has 0 unspecified atom stereocenters. The molecule has 0 bridgehead atoms. The third-order valence-corrected chi connectivity index (χ3v) is 1.18. The van der Waals surface area contributed by atoms with Crippen LogP contribution in [0.2, 0.25) is 0 Å². The molecule has 3 heteroatoms. The Labute approximate surface area is 69.9 Å². The maximum absolute atomic E-state index is 5.76. The van der Waals surface area contributed by atoms with Crippen LogP contribution >= 0.6 is 0 Å². The SMILES string of the molecule is CC(C)(C)NN(N)C(C)(C)C. The minimum Gasteiger partial charge on any atom is -0.255 e. The van der Waals surface area contributed by atoms with E-state index < -0.39 is 0 Å². The summed E-state index contributed by atoms with van der Waals surface area (Å²) in [7, 11) is 0. The van der Waals surface area contributed by atoms with Gasteiger partial charge in [-0.05, 0) is 41.5 Å². The molecule has 0 aliphatic rings. The van der Waals surface area contributed by atoms with Crippen molar-refractivity contribution in [3.05, 3.63) is 0 Å². The van der Waals surface area contributed by atoms with Gasteiger partial charge in [0, 0.05) is 11.1 Å². The van der Waals surface area contributed by atoms with Crippen LogP contribution in [0.5, 0.6) is 0 Å². The quantitative estimate of drug-likeness (QED) is 0.447. The number of nitrogens with zero attached hydrogens (tertiary/aromatic N) is 1. The first-order chi connectivity index (χ1) is 4.63. The summed E-state index contributed by atoms with van der Waals surface area (Å²) in [6.07, 6.45) is 0. The zero-order valence-electron chi connectivity index (χ0n) is 8.52. The smallest absolute Gasteiger partial charge is 0.0423 e. The van der Waals surface area contributed by atoms with Crippen LogP contribution in [0.15, 0.2) is 0 Å². The predicted molar refractivity (Wildman–Crippen MR) is 48.7 cm³/mol. The maximum atomic E-state index is 5.76. The molecule has 0 saturated heterocycles.